The summed E-state index contributed by atoms with van der Waals surface area (Å²) in [5, 5.41) is 3.56. The highest BCUT2D eigenvalue weighted by Crippen LogP contribution is 2.30. The highest BCUT2D eigenvalue weighted by Gasteiger charge is 2.14. The summed E-state index contributed by atoms with van der Waals surface area (Å²) in [4.78, 5) is 21.1. The number of rotatable bonds is 7. The number of benzene rings is 1. The van der Waals surface area contributed by atoms with Crippen LogP contribution < -0.4 is 14.8 Å². The lowest BCUT2D eigenvalue weighted by Gasteiger charge is -2.12. The van der Waals surface area contributed by atoms with E-state index in [0.29, 0.717) is 33.5 Å². The predicted molar refractivity (Wildman–Crippen MR) is 106 cm³/mol. The van der Waals surface area contributed by atoms with Crippen LogP contribution in [0.1, 0.15) is 15.9 Å². The Labute approximate surface area is 162 Å². The standard InChI is InChI=1S/C20H19N3O3S/c1-25-17-6-5-15(12-18(17)26-2)23-19(24)16-4-3-9-22-20(16)27-13-14-7-10-21-11-8-14/h3-12H,13H2,1-2H3,(H,23,24). The molecule has 0 radical (unpaired) electrons. The number of methoxy groups -OCH3 is 2. The van der Waals surface area contributed by atoms with E-state index in [1.54, 1.807) is 63.1 Å². The smallest absolute Gasteiger partial charge is 0.258 e. The fourth-order valence-electron chi connectivity index (χ4n) is 2.42. The first-order valence-electron chi connectivity index (χ1n) is 8.21. The first kappa shape index (κ1) is 18.7. The summed E-state index contributed by atoms with van der Waals surface area (Å²) < 4.78 is 10.5. The summed E-state index contributed by atoms with van der Waals surface area (Å²) >= 11 is 1.51. The molecule has 0 aliphatic heterocycles. The zero-order valence-electron chi connectivity index (χ0n) is 15.0. The van der Waals surface area contributed by atoms with Crippen LogP contribution in [0.4, 0.5) is 5.69 Å². The molecule has 6 nitrogen and oxygen atoms in total. The van der Waals surface area contributed by atoms with Crippen LogP contribution in [0.2, 0.25) is 0 Å². The van der Waals surface area contributed by atoms with Gasteiger partial charge in [-0.25, -0.2) is 4.98 Å². The van der Waals surface area contributed by atoms with Gasteiger partial charge in [-0.15, -0.1) is 11.8 Å². The van der Waals surface area contributed by atoms with Gasteiger partial charge in [0, 0.05) is 36.1 Å². The predicted octanol–water partition coefficient (Wildman–Crippen LogP) is 4.04. The van der Waals surface area contributed by atoms with Gasteiger partial charge in [-0.2, -0.15) is 0 Å². The van der Waals surface area contributed by atoms with Crippen molar-refractivity contribution in [3.05, 3.63) is 72.2 Å². The maximum atomic E-state index is 12.8. The average molecular weight is 381 g/mol. The first-order chi connectivity index (χ1) is 13.2. The Kier molecular flexibility index (Phi) is 6.27. The van der Waals surface area contributed by atoms with Crippen molar-refractivity contribution in [3.63, 3.8) is 0 Å². The van der Waals surface area contributed by atoms with Gasteiger partial charge >= 0.3 is 0 Å². The van der Waals surface area contributed by atoms with Crippen molar-refractivity contribution in [2.75, 3.05) is 19.5 Å². The number of pyridine rings is 2. The molecule has 7 heteroatoms. The summed E-state index contributed by atoms with van der Waals surface area (Å²) in [6.45, 7) is 0. The fraction of sp³-hybridized carbons (Fsp3) is 0.150. The van der Waals surface area contributed by atoms with Crippen LogP contribution in [0.3, 0.4) is 0 Å². The molecule has 0 unspecified atom stereocenters. The van der Waals surface area contributed by atoms with Crippen LogP contribution in [0.5, 0.6) is 11.5 Å². The largest absolute Gasteiger partial charge is 0.493 e. The molecule has 3 aromatic rings. The molecule has 27 heavy (non-hydrogen) atoms. The summed E-state index contributed by atoms with van der Waals surface area (Å²) in [5.74, 6) is 1.63. The molecule has 0 spiro atoms. The van der Waals surface area contributed by atoms with Crippen molar-refractivity contribution in [1.29, 1.82) is 0 Å². The summed E-state index contributed by atoms with van der Waals surface area (Å²) in [6, 6.07) is 12.6. The van der Waals surface area contributed by atoms with Gasteiger partial charge in [0.2, 0.25) is 0 Å². The normalized spacial score (nSPS) is 10.3. The van der Waals surface area contributed by atoms with Crippen LogP contribution in [0.25, 0.3) is 0 Å². The number of aromatic nitrogens is 2. The lowest BCUT2D eigenvalue weighted by Crippen LogP contribution is -2.13. The minimum atomic E-state index is -0.229. The molecule has 0 saturated carbocycles. The van der Waals surface area contributed by atoms with E-state index in [2.05, 4.69) is 15.3 Å². The highest BCUT2D eigenvalue weighted by molar-refractivity contribution is 7.98. The van der Waals surface area contributed by atoms with Gasteiger partial charge in [-0.1, -0.05) is 0 Å². The number of hydrogen-bond acceptors (Lipinski definition) is 6. The molecule has 138 valence electrons. The van der Waals surface area contributed by atoms with Gasteiger partial charge < -0.3 is 14.8 Å². The molecule has 2 aromatic heterocycles. The summed E-state index contributed by atoms with van der Waals surface area (Å²) in [6.07, 6.45) is 5.18. The topological polar surface area (TPSA) is 73.3 Å². The fourth-order valence-corrected chi connectivity index (χ4v) is 3.37. The third kappa shape index (κ3) is 4.77. The molecular formula is C20H19N3O3S. The van der Waals surface area contributed by atoms with E-state index in [-0.39, 0.29) is 5.91 Å². The average Bonchev–Trinajstić information content (AvgIpc) is 2.73. The molecule has 0 aliphatic rings. The lowest BCUT2D eigenvalue weighted by molar-refractivity contribution is 0.102. The Bertz CT molecular complexity index is 919. The van der Waals surface area contributed by atoms with Gasteiger partial charge in [-0.3, -0.25) is 9.78 Å². The molecule has 1 aromatic carbocycles. The van der Waals surface area contributed by atoms with Crippen molar-refractivity contribution >= 4 is 23.4 Å². The Balaban J connectivity index is 1.75. The van der Waals surface area contributed by atoms with Crippen molar-refractivity contribution < 1.29 is 14.3 Å². The molecule has 0 aliphatic carbocycles. The Morgan fingerprint density at radius 3 is 2.56 bits per heavy atom. The molecule has 1 amide bonds. The number of nitrogens with one attached hydrogen (secondary N) is 1. The zero-order chi connectivity index (χ0) is 19.1. The van der Waals surface area contributed by atoms with Gasteiger partial charge in [0.05, 0.1) is 19.8 Å². The molecule has 1 N–H and O–H groups in total. The van der Waals surface area contributed by atoms with E-state index < -0.39 is 0 Å². The number of amides is 1. The van der Waals surface area contributed by atoms with Gasteiger partial charge in [0.15, 0.2) is 11.5 Å². The maximum Gasteiger partial charge on any atom is 0.258 e. The quantitative estimate of drug-likeness (QED) is 0.623. The Hall–Kier alpha value is -3.06. The van der Waals surface area contributed by atoms with Crippen LogP contribution in [0.15, 0.2) is 66.1 Å². The van der Waals surface area contributed by atoms with Gasteiger partial charge in [-0.05, 0) is 42.0 Å². The van der Waals surface area contributed by atoms with Crippen LogP contribution in [-0.2, 0) is 5.75 Å². The highest BCUT2D eigenvalue weighted by atomic mass is 32.2. The third-order valence-corrected chi connectivity index (χ3v) is 4.86. The number of anilines is 1. The lowest BCUT2D eigenvalue weighted by atomic mass is 10.2. The third-order valence-electron chi connectivity index (χ3n) is 3.78. The molecule has 0 fully saturated rings. The first-order valence-corrected chi connectivity index (χ1v) is 9.20. The molecule has 2 heterocycles. The van der Waals surface area contributed by atoms with E-state index in [1.807, 2.05) is 12.1 Å². The minimum absolute atomic E-state index is 0.229. The number of ether oxygens (including phenoxy) is 2. The Morgan fingerprint density at radius 1 is 1.04 bits per heavy atom. The van der Waals surface area contributed by atoms with Gasteiger partial charge in [0.25, 0.3) is 5.91 Å². The molecule has 0 saturated heterocycles. The summed E-state index contributed by atoms with van der Waals surface area (Å²) in [7, 11) is 3.12. The number of thioether (sulfide) groups is 1. The van der Waals surface area contributed by atoms with E-state index in [9.17, 15) is 4.79 Å². The van der Waals surface area contributed by atoms with Crippen molar-refractivity contribution in [1.82, 2.24) is 9.97 Å². The Morgan fingerprint density at radius 2 is 1.81 bits per heavy atom. The minimum Gasteiger partial charge on any atom is -0.493 e. The number of hydrogen-bond donors (Lipinski definition) is 1. The van der Waals surface area contributed by atoms with Crippen molar-refractivity contribution in [3.8, 4) is 11.5 Å². The molecule has 0 atom stereocenters. The molecular weight excluding hydrogens is 362 g/mol. The maximum absolute atomic E-state index is 12.8. The van der Waals surface area contributed by atoms with Crippen LogP contribution in [-0.4, -0.2) is 30.1 Å². The van der Waals surface area contributed by atoms with Crippen molar-refractivity contribution in [2.24, 2.45) is 0 Å². The number of carbonyl (C=O) groups excluding carboxylic acids is 1. The van der Waals surface area contributed by atoms with Gasteiger partial charge in [0.1, 0.15) is 5.03 Å². The number of carbonyl (C=O) groups is 1. The van der Waals surface area contributed by atoms with E-state index >= 15 is 0 Å². The zero-order valence-corrected chi connectivity index (χ0v) is 15.8. The second-order valence-corrected chi connectivity index (χ2v) is 6.49. The molecule has 3 rings (SSSR count). The number of nitrogens with zero attached hydrogens (tertiary/aromatic N) is 2. The SMILES string of the molecule is COc1ccc(NC(=O)c2cccnc2SCc2ccncc2)cc1OC. The molecule has 0 bridgehead atoms. The second-order valence-electron chi connectivity index (χ2n) is 5.52. The van der Waals surface area contributed by atoms with E-state index in [1.165, 1.54) is 11.8 Å². The van der Waals surface area contributed by atoms with E-state index in [0.717, 1.165) is 5.56 Å². The summed E-state index contributed by atoms with van der Waals surface area (Å²) in [5.41, 5.74) is 2.25. The van der Waals surface area contributed by atoms with Crippen LogP contribution >= 0.6 is 11.8 Å². The van der Waals surface area contributed by atoms with Crippen molar-refractivity contribution in [2.45, 2.75) is 10.8 Å². The van der Waals surface area contributed by atoms with E-state index in [4.69, 9.17) is 9.47 Å². The second kappa shape index (κ2) is 9.05. The monoisotopic (exact) mass is 381 g/mol. The van der Waals surface area contributed by atoms with Crippen LogP contribution in [0, 0.1) is 0 Å².